The second kappa shape index (κ2) is 11.0. The minimum absolute atomic E-state index is 0.192. The lowest BCUT2D eigenvalue weighted by Crippen LogP contribution is -2.43. The summed E-state index contributed by atoms with van der Waals surface area (Å²) < 4.78 is 42.7. The van der Waals surface area contributed by atoms with Gasteiger partial charge in [-0.2, -0.15) is 5.10 Å². The van der Waals surface area contributed by atoms with Gasteiger partial charge in [0.05, 0.1) is 17.6 Å². The van der Waals surface area contributed by atoms with Crippen LogP contribution in [-0.2, 0) is 16.0 Å². The van der Waals surface area contributed by atoms with Gasteiger partial charge < -0.3 is 14.4 Å². The van der Waals surface area contributed by atoms with E-state index in [2.05, 4.69) is 28.0 Å². The number of piperazine rings is 1. The summed E-state index contributed by atoms with van der Waals surface area (Å²) in [5.41, 5.74) is 4.25. The zero-order chi connectivity index (χ0) is 26.8. The summed E-state index contributed by atoms with van der Waals surface area (Å²) >= 11 is 0. The molecule has 2 aromatic carbocycles. The summed E-state index contributed by atoms with van der Waals surface area (Å²) in [4.78, 5) is 4.60. The Hall–Kier alpha value is -4.01. The second-order valence-corrected chi connectivity index (χ2v) is 10.0. The number of likely N-dealkylation sites (N-methyl/N-ethyl adjacent to an activating group) is 1. The summed E-state index contributed by atoms with van der Waals surface area (Å²) in [6.07, 6.45) is 13.0. The van der Waals surface area contributed by atoms with Crippen molar-refractivity contribution in [1.82, 2.24) is 19.6 Å². The molecule has 0 N–H and O–H groups in total. The molecular formula is C31H30F2N4O2. The van der Waals surface area contributed by atoms with Crippen LogP contribution in [0.2, 0.25) is 0 Å². The van der Waals surface area contributed by atoms with Gasteiger partial charge >= 0.3 is 0 Å². The van der Waals surface area contributed by atoms with Crippen molar-refractivity contribution in [2.75, 3.05) is 33.2 Å². The van der Waals surface area contributed by atoms with Crippen LogP contribution in [0.4, 0.5) is 8.78 Å². The summed E-state index contributed by atoms with van der Waals surface area (Å²) in [5.74, 6) is 0.319. The highest BCUT2D eigenvalue weighted by atomic mass is 19.1. The highest BCUT2D eigenvalue weighted by Gasteiger charge is 2.23. The molecule has 3 aliphatic rings. The Labute approximate surface area is 226 Å². The molecule has 6 nitrogen and oxygen atoms in total. The average Bonchev–Trinajstić information content (AvgIpc) is 3.39. The predicted octanol–water partition coefficient (Wildman–Crippen LogP) is 6.03. The van der Waals surface area contributed by atoms with Crippen LogP contribution in [0.3, 0.4) is 0 Å². The van der Waals surface area contributed by atoms with E-state index in [9.17, 15) is 4.39 Å². The smallest absolute Gasteiger partial charge is 0.169 e. The number of hydrogen-bond donors (Lipinski definition) is 0. The molecule has 3 aromatic rings. The van der Waals surface area contributed by atoms with E-state index in [1.807, 2.05) is 36.4 Å². The van der Waals surface area contributed by atoms with Crippen molar-refractivity contribution in [3.63, 3.8) is 0 Å². The van der Waals surface area contributed by atoms with Gasteiger partial charge in [-0.3, -0.25) is 4.90 Å². The molecule has 0 amide bonds. The number of benzene rings is 2. The molecule has 1 aromatic heterocycles. The molecule has 6 rings (SSSR count). The quantitative estimate of drug-likeness (QED) is 0.391. The van der Waals surface area contributed by atoms with Crippen LogP contribution in [0.1, 0.15) is 24.0 Å². The van der Waals surface area contributed by atoms with Gasteiger partial charge in [0.25, 0.3) is 0 Å². The van der Waals surface area contributed by atoms with E-state index in [4.69, 9.17) is 9.47 Å². The average molecular weight is 529 g/mol. The second-order valence-electron chi connectivity index (χ2n) is 10.0. The lowest BCUT2D eigenvalue weighted by molar-refractivity contribution is 0.148. The number of halogens is 2. The van der Waals surface area contributed by atoms with Gasteiger partial charge in [-0.1, -0.05) is 18.2 Å². The molecule has 1 aliphatic carbocycles. The Morgan fingerprint density at radius 3 is 2.51 bits per heavy atom. The molecule has 1 fully saturated rings. The fourth-order valence-electron chi connectivity index (χ4n) is 5.07. The minimum atomic E-state index is -0.492. The Morgan fingerprint density at radius 2 is 1.74 bits per heavy atom. The molecule has 0 spiro atoms. The summed E-state index contributed by atoms with van der Waals surface area (Å²) in [5, 5.41) is 4.63. The zero-order valence-corrected chi connectivity index (χ0v) is 21.8. The first-order valence-corrected chi connectivity index (χ1v) is 13.2. The van der Waals surface area contributed by atoms with Gasteiger partial charge in [-0.25, -0.2) is 13.5 Å². The third-order valence-electron chi connectivity index (χ3n) is 7.32. The fourth-order valence-corrected chi connectivity index (χ4v) is 5.07. The largest absolute Gasteiger partial charge is 0.465 e. The van der Waals surface area contributed by atoms with Crippen LogP contribution in [0, 0.1) is 11.6 Å². The van der Waals surface area contributed by atoms with E-state index in [1.165, 1.54) is 12.1 Å². The highest BCUT2D eigenvalue weighted by molar-refractivity contribution is 5.68. The number of nitrogens with zero attached hydrogens (tertiary/aromatic N) is 4. The first-order chi connectivity index (χ1) is 19.0. The van der Waals surface area contributed by atoms with Crippen molar-refractivity contribution in [3.05, 3.63) is 114 Å². The van der Waals surface area contributed by atoms with Crippen molar-refractivity contribution in [3.8, 4) is 16.9 Å². The van der Waals surface area contributed by atoms with E-state index < -0.39 is 11.6 Å². The lowest BCUT2D eigenvalue weighted by atomic mass is 10.0. The van der Waals surface area contributed by atoms with Crippen LogP contribution in [0.15, 0.2) is 90.7 Å². The molecule has 8 heteroatoms. The van der Waals surface area contributed by atoms with Crippen molar-refractivity contribution in [2.24, 2.45) is 0 Å². The third kappa shape index (κ3) is 5.44. The normalized spacial score (nSPS) is 18.2. The van der Waals surface area contributed by atoms with Crippen LogP contribution >= 0.6 is 0 Å². The Kier molecular flexibility index (Phi) is 7.13. The number of hydrogen-bond acceptors (Lipinski definition) is 5. The Bertz CT molecular complexity index is 1480. The van der Waals surface area contributed by atoms with Gasteiger partial charge in [0.1, 0.15) is 24.2 Å². The highest BCUT2D eigenvalue weighted by Crippen LogP contribution is 2.33. The van der Waals surface area contributed by atoms with Gasteiger partial charge in [0.15, 0.2) is 11.5 Å². The first-order valence-electron chi connectivity index (χ1n) is 13.2. The van der Waals surface area contributed by atoms with Crippen molar-refractivity contribution < 1.29 is 18.3 Å². The predicted molar refractivity (Wildman–Crippen MR) is 146 cm³/mol. The number of allylic oxidation sites excluding steroid dienone is 4. The Balaban J connectivity index is 1.30. The molecular weight excluding hydrogens is 498 g/mol. The van der Waals surface area contributed by atoms with Crippen molar-refractivity contribution >= 4 is 5.76 Å². The summed E-state index contributed by atoms with van der Waals surface area (Å²) in [7, 11) is 2.11. The number of aromatic nitrogens is 2. The minimum Gasteiger partial charge on any atom is -0.465 e. The molecule has 1 saturated heterocycles. The molecule has 39 heavy (non-hydrogen) atoms. The van der Waals surface area contributed by atoms with E-state index in [0.717, 1.165) is 67.5 Å². The molecule has 2 aliphatic heterocycles. The molecule has 0 unspecified atom stereocenters. The van der Waals surface area contributed by atoms with Crippen LogP contribution < -0.4 is 0 Å². The van der Waals surface area contributed by atoms with E-state index >= 15 is 4.39 Å². The van der Waals surface area contributed by atoms with Gasteiger partial charge in [0, 0.05) is 49.4 Å². The lowest BCUT2D eigenvalue weighted by Gasteiger charge is -2.32. The molecule has 200 valence electrons. The molecule has 3 heterocycles. The van der Waals surface area contributed by atoms with E-state index in [1.54, 1.807) is 23.4 Å². The first kappa shape index (κ1) is 25.3. The fraction of sp³-hybridized carbons (Fsp3) is 0.258. The van der Waals surface area contributed by atoms with Crippen LogP contribution in [0.5, 0.6) is 0 Å². The summed E-state index contributed by atoms with van der Waals surface area (Å²) in [6.45, 7) is 4.34. The summed E-state index contributed by atoms with van der Waals surface area (Å²) in [6, 6.07) is 11.2. The van der Waals surface area contributed by atoms with Crippen molar-refractivity contribution in [1.29, 1.82) is 0 Å². The maximum Gasteiger partial charge on any atom is 0.169 e. The molecule has 0 radical (unpaired) electrons. The monoisotopic (exact) mass is 528 g/mol. The van der Waals surface area contributed by atoms with Crippen molar-refractivity contribution in [2.45, 2.75) is 19.4 Å². The van der Waals surface area contributed by atoms with E-state index in [-0.39, 0.29) is 5.56 Å². The number of rotatable bonds is 6. The Morgan fingerprint density at radius 1 is 0.949 bits per heavy atom. The van der Waals surface area contributed by atoms with Gasteiger partial charge in [0.2, 0.25) is 0 Å². The zero-order valence-electron chi connectivity index (χ0n) is 21.8. The van der Waals surface area contributed by atoms with Gasteiger partial charge in [-0.05, 0) is 67.9 Å². The van der Waals surface area contributed by atoms with Crippen LogP contribution in [0.25, 0.3) is 22.7 Å². The maximum absolute atomic E-state index is 15.1. The molecule has 0 saturated carbocycles. The SMILES string of the molecule is CN1CCN(Cc2cnn(-c3ccc(C4=COC=C(C5=CC=CCC5)O4)cc3)c2-c2cc(F)ccc2F)CC1. The number of ether oxygens (including phenoxy) is 2. The van der Waals surface area contributed by atoms with Crippen LogP contribution in [-0.4, -0.2) is 52.8 Å². The standard InChI is InChI=1S/C31H30F2N4O2/c1-35-13-15-36(16-14-35)19-24-18-34-37(31(24)27-17-25(32)9-12-28(27)33)26-10-7-23(8-11-26)30-21-38-20-29(39-30)22-5-3-2-4-6-22/h2-3,5,7-12,17-18,20-21H,4,6,13-16,19H2,1H3. The van der Waals surface area contributed by atoms with E-state index in [0.29, 0.717) is 23.8 Å². The topological polar surface area (TPSA) is 42.8 Å². The maximum atomic E-state index is 15.1. The van der Waals surface area contributed by atoms with Gasteiger partial charge in [-0.15, -0.1) is 0 Å². The molecule has 0 bridgehead atoms. The molecule has 0 atom stereocenters. The third-order valence-corrected chi connectivity index (χ3v) is 7.32.